The molecule has 0 amide bonds. The Hall–Kier alpha value is -0.350. The number of nitrogens with one attached hydrogen (secondary N) is 2. The standard InChI is InChI=1S/C14H27N3S/c1-17-9-5-6-12(11-17)10-15-14(18)16-13-7-3-2-4-8-13/h12-13H,2-11H2,1H3,(H2,15,16,18)/t12-/m1/s1. The zero-order valence-corrected chi connectivity index (χ0v) is 12.4. The first kappa shape index (κ1) is 14.1. The Bertz CT molecular complexity index is 264. The first-order chi connectivity index (χ1) is 8.74. The molecule has 0 bridgehead atoms. The lowest BCUT2D eigenvalue weighted by atomic mass is 9.96. The van der Waals surface area contributed by atoms with E-state index in [4.69, 9.17) is 12.2 Å². The van der Waals surface area contributed by atoms with Crippen molar-refractivity contribution in [2.24, 2.45) is 5.92 Å². The summed E-state index contributed by atoms with van der Waals surface area (Å²) in [7, 11) is 2.21. The maximum atomic E-state index is 5.40. The van der Waals surface area contributed by atoms with E-state index in [1.807, 2.05) is 0 Å². The Balaban J connectivity index is 1.61. The zero-order valence-electron chi connectivity index (χ0n) is 11.6. The summed E-state index contributed by atoms with van der Waals surface area (Å²) in [5, 5.41) is 7.76. The number of likely N-dealkylation sites (tertiary alicyclic amines) is 1. The van der Waals surface area contributed by atoms with Gasteiger partial charge in [-0.2, -0.15) is 0 Å². The highest BCUT2D eigenvalue weighted by Gasteiger charge is 2.18. The zero-order chi connectivity index (χ0) is 12.8. The van der Waals surface area contributed by atoms with Gasteiger partial charge in [-0.3, -0.25) is 0 Å². The number of thiocarbonyl (C=S) groups is 1. The van der Waals surface area contributed by atoms with Gasteiger partial charge in [-0.05, 0) is 57.4 Å². The number of hydrogen-bond donors (Lipinski definition) is 2. The maximum Gasteiger partial charge on any atom is 0.166 e. The third-order valence-corrected chi connectivity index (χ3v) is 4.48. The minimum Gasteiger partial charge on any atom is -0.362 e. The van der Waals surface area contributed by atoms with E-state index in [1.54, 1.807) is 0 Å². The Morgan fingerprint density at radius 3 is 2.67 bits per heavy atom. The van der Waals surface area contributed by atoms with Crippen LogP contribution in [0.5, 0.6) is 0 Å². The summed E-state index contributed by atoms with van der Waals surface area (Å²) >= 11 is 5.40. The van der Waals surface area contributed by atoms with Crippen LogP contribution in [0.4, 0.5) is 0 Å². The molecule has 0 aromatic rings. The van der Waals surface area contributed by atoms with Crippen molar-refractivity contribution in [3.63, 3.8) is 0 Å². The largest absolute Gasteiger partial charge is 0.362 e. The van der Waals surface area contributed by atoms with Gasteiger partial charge in [0.05, 0.1) is 0 Å². The van der Waals surface area contributed by atoms with Gasteiger partial charge in [0.1, 0.15) is 0 Å². The number of rotatable bonds is 3. The van der Waals surface area contributed by atoms with Crippen LogP contribution < -0.4 is 10.6 Å². The molecule has 1 saturated heterocycles. The van der Waals surface area contributed by atoms with Crippen LogP contribution in [-0.4, -0.2) is 42.7 Å². The normalized spacial score (nSPS) is 26.8. The molecule has 1 saturated carbocycles. The van der Waals surface area contributed by atoms with Crippen molar-refractivity contribution in [3.8, 4) is 0 Å². The summed E-state index contributed by atoms with van der Waals surface area (Å²) in [6.45, 7) is 3.49. The van der Waals surface area contributed by atoms with Crippen LogP contribution >= 0.6 is 12.2 Å². The van der Waals surface area contributed by atoms with Gasteiger partial charge in [0.15, 0.2) is 5.11 Å². The average Bonchev–Trinajstić information content (AvgIpc) is 2.38. The Labute approximate surface area is 117 Å². The van der Waals surface area contributed by atoms with Crippen LogP contribution in [0, 0.1) is 5.92 Å². The van der Waals surface area contributed by atoms with Crippen molar-refractivity contribution in [2.45, 2.75) is 51.0 Å². The Morgan fingerprint density at radius 2 is 1.94 bits per heavy atom. The minimum atomic E-state index is 0.618. The minimum absolute atomic E-state index is 0.618. The summed E-state index contributed by atoms with van der Waals surface area (Å²) in [5.41, 5.74) is 0. The van der Waals surface area contributed by atoms with Crippen molar-refractivity contribution in [3.05, 3.63) is 0 Å². The summed E-state index contributed by atoms with van der Waals surface area (Å²) in [6.07, 6.45) is 9.34. The molecule has 2 rings (SSSR count). The molecule has 2 fully saturated rings. The van der Waals surface area contributed by atoms with Crippen LogP contribution in [0.15, 0.2) is 0 Å². The summed E-state index contributed by atoms with van der Waals surface area (Å²) < 4.78 is 0. The molecule has 0 radical (unpaired) electrons. The van der Waals surface area contributed by atoms with Gasteiger partial charge < -0.3 is 15.5 Å². The van der Waals surface area contributed by atoms with Crippen molar-refractivity contribution < 1.29 is 0 Å². The second-order valence-electron chi connectivity index (χ2n) is 5.96. The fourth-order valence-corrected chi connectivity index (χ4v) is 3.41. The molecule has 18 heavy (non-hydrogen) atoms. The van der Waals surface area contributed by atoms with E-state index in [0.29, 0.717) is 6.04 Å². The molecule has 104 valence electrons. The molecule has 1 heterocycles. The van der Waals surface area contributed by atoms with E-state index in [0.717, 1.165) is 17.6 Å². The number of nitrogens with zero attached hydrogens (tertiary/aromatic N) is 1. The second-order valence-corrected chi connectivity index (χ2v) is 6.37. The van der Waals surface area contributed by atoms with Gasteiger partial charge in [-0.1, -0.05) is 19.3 Å². The van der Waals surface area contributed by atoms with Crippen LogP contribution in [0.1, 0.15) is 44.9 Å². The predicted molar refractivity (Wildman–Crippen MR) is 80.8 cm³/mol. The number of piperidine rings is 1. The molecule has 0 aromatic carbocycles. The lowest BCUT2D eigenvalue weighted by molar-refractivity contribution is 0.210. The van der Waals surface area contributed by atoms with Crippen LogP contribution in [0.3, 0.4) is 0 Å². The predicted octanol–water partition coefficient (Wildman–Crippen LogP) is 2.12. The van der Waals surface area contributed by atoms with Crippen molar-refractivity contribution in [1.82, 2.24) is 15.5 Å². The van der Waals surface area contributed by atoms with Crippen molar-refractivity contribution in [2.75, 3.05) is 26.7 Å². The van der Waals surface area contributed by atoms with Gasteiger partial charge in [-0.15, -0.1) is 0 Å². The highest BCUT2D eigenvalue weighted by Crippen LogP contribution is 2.17. The van der Waals surface area contributed by atoms with Crippen molar-refractivity contribution in [1.29, 1.82) is 0 Å². The first-order valence-corrected chi connectivity index (χ1v) is 7.88. The van der Waals surface area contributed by atoms with E-state index < -0.39 is 0 Å². The molecule has 1 atom stereocenters. The van der Waals surface area contributed by atoms with Gasteiger partial charge in [-0.25, -0.2) is 0 Å². The molecule has 1 aliphatic heterocycles. The lowest BCUT2D eigenvalue weighted by Gasteiger charge is -2.30. The fourth-order valence-electron chi connectivity index (χ4n) is 3.16. The average molecular weight is 269 g/mol. The third-order valence-electron chi connectivity index (χ3n) is 4.21. The summed E-state index contributed by atoms with van der Waals surface area (Å²) in [5.74, 6) is 0.759. The molecule has 0 spiro atoms. The molecule has 2 N–H and O–H groups in total. The Morgan fingerprint density at radius 1 is 1.17 bits per heavy atom. The summed E-state index contributed by atoms with van der Waals surface area (Å²) in [4.78, 5) is 2.42. The van der Waals surface area contributed by atoms with E-state index in [1.165, 1.54) is 58.0 Å². The van der Waals surface area contributed by atoms with E-state index in [-0.39, 0.29) is 0 Å². The quantitative estimate of drug-likeness (QED) is 0.768. The highest BCUT2D eigenvalue weighted by atomic mass is 32.1. The van der Waals surface area contributed by atoms with Crippen molar-refractivity contribution >= 4 is 17.3 Å². The van der Waals surface area contributed by atoms with E-state index in [9.17, 15) is 0 Å². The highest BCUT2D eigenvalue weighted by molar-refractivity contribution is 7.80. The monoisotopic (exact) mass is 269 g/mol. The summed E-state index contributed by atoms with van der Waals surface area (Å²) in [6, 6.07) is 0.618. The van der Waals surface area contributed by atoms with Crippen LogP contribution in [0.25, 0.3) is 0 Å². The molecular formula is C14H27N3S. The number of hydrogen-bond acceptors (Lipinski definition) is 2. The van der Waals surface area contributed by atoms with Gasteiger partial charge in [0, 0.05) is 19.1 Å². The molecule has 2 aliphatic rings. The molecule has 0 aromatic heterocycles. The van der Waals surface area contributed by atoms with Gasteiger partial charge >= 0.3 is 0 Å². The van der Waals surface area contributed by atoms with Gasteiger partial charge in [0.25, 0.3) is 0 Å². The topological polar surface area (TPSA) is 27.3 Å². The van der Waals surface area contributed by atoms with E-state index >= 15 is 0 Å². The van der Waals surface area contributed by atoms with Crippen LogP contribution in [0.2, 0.25) is 0 Å². The molecule has 3 nitrogen and oxygen atoms in total. The van der Waals surface area contributed by atoms with E-state index in [2.05, 4.69) is 22.6 Å². The van der Waals surface area contributed by atoms with Gasteiger partial charge in [0.2, 0.25) is 0 Å². The fraction of sp³-hybridized carbons (Fsp3) is 0.929. The molecule has 4 heteroatoms. The third kappa shape index (κ3) is 4.73. The second kappa shape index (κ2) is 7.29. The SMILES string of the molecule is CN1CCC[C@H](CNC(=S)NC2CCCCC2)C1. The lowest BCUT2D eigenvalue weighted by Crippen LogP contribution is -2.46. The Kier molecular flexibility index (Phi) is 5.70. The molecule has 0 unspecified atom stereocenters. The molecular weight excluding hydrogens is 242 g/mol. The maximum absolute atomic E-state index is 5.40. The smallest absolute Gasteiger partial charge is 0.166 e. The first-order valence-electron chi connectivity index (χ1n) is 7.47. The molecule has 1 aliphatic carbocycles. The van der Waals surface area contributed by atoms with Crippen LogP contribution in [-0.2, 0) is 0 Å².